The number of hydrogen-bond acceptors (Lipinski definition) is 8. The summed E-state index contributed by atoms with van der Waals surface area (Å²) in [5.74, 6) is -1.94. The molecule has 0 unspecified atom stereocenters. The molecule has 6 heterocycles. The molecule has 0 bridgehead atoms. The highest BCUT2D eigenvalue weighted by atomic mass is 35.5. The maximum atomic E-state index is 13.1. The number of pyridine rings is 3. The SMILES string of the molecule is C.Cc1ccc2cc(N)ccc2n1.Cc1ccc2cc(NC(=O)C(=O)c3c[nH]c4ccccc34)ccc2n1.Cc1ccc2cc(NC(=O)C(=O)c3cn(Cc4ccc(Cl)cc4)c4ccccc34)ccc2n1.ClCc1ccc(Cl)cc1.c1ccc2[nH]ccc2c1. The number of alkyl halides is 1. The Morgan fingerprint density at radius 1 is 0.483 bits per heavy atom. The van der Waals surface area contributed by atoms with Gasteiger partial charge < -0.3 is 30.9 Å². The number of benzene rings is 8. The maximum absolute atomic E-state index is 13.1. The second-order valence-corrected chi connectivity index (χ2v) is 21.7. The number of carbonyl (C=O) groups excluding carboxylic acids is 4. The molecule has 0 radical (unpaired) electrons. The average molecular weight is 1240 g/mol. The zero-order chi connectivity index (χ0) is 61.7. The van der Waals surface area contributed by atoms with Crippen LogP contribution in [-0.4, -0.2) is 52.9 Å². The number of rotatable bonds is 9. The number of halogens is 3. The zero-order valence-corrected chi connectivity index (χ0v) is 50.3. The highest BCUT2D eigenvalue weighted by Gasteiger charge is 2.23. The Hall–Kier alpha value is -10.4. The topological polar surface area (TPSA) is 194 Å². The van der Waals surface area contributed by atoms with E-state index in [1.807, 2.05) is 220 Å². The smallest absolute Gasteiger partial charge is 0.296 e. The van der Waals surface area contributed by atoms with Crippen LogP contribution in [0.3, 0.4) is 0 Å². The van der Waals surface area contributed by atoms with E-state index in [4.69, 9.17) is 40.5 Å². The number of aromatic amines is 2. The Bertz CT molecular complexity index is 4760. The molecule has 89 heavy (non-hydrogen) atoms. The fraction of sp³-hybridized carbons (Fsp3) is 0.0822. The lowest BCUT2D eigenvalue weighted by Gasteiger charge is -2.06. The maximum Gasteiger partial charge on any atom is 0.296 e. The van der Waals surface area contributed by atoms with Crippen molar-refractivity contribution in [2.45, 2.75) is 40.6 Å². The minimum absolute atomic E-state index is 0. The molecular formula is C73H62Cl3N9O4. The molecule has 6 N–H and O–H groups in total. The van der Waals surface area contributed by atoms with Gasteiger partial charge in [-0.1, -0.05) is 128 Å². The van der Waals surface area contributed by atoms with E-state index >= 15 is 0 Å². The fourth-order valence-electron chi connectivity index (χ4n) is 9.65. The number of aromatic nitrogens is 6. The number of ketones is 2. The van der Waals surface area contributed by atoms with Gasteiger partial charge in [-0.2, -0.15) is 0 Å². The van der Waals surface area contributed by atoms with Crippen molar-refractivity contribution in [2.24, 2.45) is 0 Å². The molecule has 13 nitrogen and oxygen atoms in total. The molecule has 0 aliphatic carbocycles. The van der Waals surface area contributed by atoms with Crippen LogP contribution in [0.1, 0.15) is 56.4 Å². The first kappa shape index (κ1) is 63.1. The number of anilines is 3. The average Bonchev–Trinajstić information content (AvgIpc) is 2.55. The van der Waals surface area contributed by atoms with E-state index in [2.05, 4.69) is 53.8 Å². The number of amides is 2. The first-order valence-corrected chi connectivity index (χ1v) is 29.2. The Morgan fingerprint density at radius 2 is 0.966 bits per heavy atom. The lowest BCUT2D eigenvalue weighted by Crippen LogP contribution is -2.22. The molecule has 0 fully saturated rings. The molecule has 0 aliphatic rings. The number of carbonyl (C=O) groups is 4. The summed E-state index contributed by atoms with van der Waals surface area (Å²) in [6.07, 6.45) is 5.26. The number of Topliss-reactive ketones (excluding diaryl/α,β-unsaturated/α-hetero) is 2. The van der Waals surface area contributed by atoms with Crippen LogP contribution in [0.25, 0.3) is 65.4 Å². The number of nitrogen functional groups attached to an aromatic ring is 1. The van der Waals surface area contributed by atoms with Gasteiger partial charge in [0.2, 0.25) is 0 Å². The summed E-state index contributed by atoms with van der Waals surface area (Å²) in [6, 6.07) is 68.6. The second-order valence-electron chi connectivity index (χ2n) is 20.6. The van der Waals surface area contributed by atoms with Crippen molar-refractivity contribution >= 4 is 141 Å². The van der Waals surface area contributed by atoms with Crippen LogP contribution in [0.4, 0.5) is 17.1 Å². The number of hydrogen-bond donors (Lipinski definition) is 5. The normalized spacial score (nSPS) is 10.6. The van der Waals surface area contributed by atoms with E-state index in [1.165, 1.54) is 10.9 Å². The number of nitrogens with zero attached hydrogens (tertiary/aromatic N) is 4. The molecule has 8 aromatic carbocycles. The predicted octanol–water partition coefficient (Wildman–Crippen LogP) is 17.9. The van der Waals surface area contributed by atoms with Gasteiger partial charge in [0.15, 0.2) is 0 Å². The second kappa shape index (κ2) is 29.3. The van der Waals surface area contributed by atoms with Crippen LogP contribution in [0.5, 0.6) is 0 Å². The molecule has 0 atom stereocenters. The van der Waals surface area contributed by atoms with Gasteiger partial charge in [0, 0.05) is 119 Å². The van der Waals surface area contributed by atoms with Crippen LogP contribution in [0.2, 0.25) is 10.0 Å². The van der Waals surface area contributed by atoms with Crippen LogP contribution in [-0.2, 0) is 22.0 Å². The van der Waals surface area contributed by atoms with Gasteiger partial charge in [-0.25, -0.2) is 0 Å². The summed E-state index contributed by atoms with van der Waals surface area (Å²) in [5.41, 5.74) is 18.9. The van der Waals surface area contributed by atoms with Crippen LogP contribution < -0.4 is 16.4 Å². The summed E-state index contributed by atoms with van der Waals surface area (Å²) >= 11 is 17.2. The Balaban J connectivity index is 0.000000146. The van der Waals surface area contributed by atoms with Gasteiger partial charge >= 0.3 is 0 Å². The molecule has 444 valence electrons. The Kier molecular flexibility index (Phi) is 20.8. The number of H-pyrrole nitrogens is 2. The van der Waals surface area contributed by atoms with Crippen LogP contribution in [0.15, 0.2) is 237 Å². The molecule has 14 rings (SSSR count). The fourth-order valence-corrected chi connectivity index (χ4v) is 10.1. The molecule has 0 saturated heterocycles. The Morgan fingerprint density at radius 3 is 1.53 bits per heavy atom. The first-order valence-electron chi connectivity index (χ1n) is 27.9. The zero-order valence-electron chi connectivity index (χ0n) is 48.1. The van der Waals surface area contributed by atoms with Gasteiger partial charge in [-0.15, -0.1) is 11.6 Å². The van der Waals surface area contributed by atoms with Crippen LogP contribution in [0, 0.1) is 20.8 Å². The molecule has 16 heteroatoms. The number of para-hydroxylation sites is 3. The van der Waals surface area contributed by atoms with E-state index in [9.17, 15) is 19.2 Å². The molecule has 6 aromatic heterocycles. The summed E-state index contributed by atoms with van der Waals surface area (Å²) < 4.78 is 1.98. The van der Waals surface area contributed by atoms with Crippen molar-refractivity contribution in [3.8, 4) is 0 Å². The summed E-state index contributed by atoms with van der Waals surface area (Å²) in [4.78, 5) is 70.2. The van der Waals surface area contributed by atoms with Gasteiger partial charge in [0.1, 0.15) is 0 Å². The van der Waals surface area contributed by atoms with Gasteiger partial charge in [-0.3, -0.25) is 34.1 Å². The monoisotopic (exact) mass is 1230 g/mol. The van der Waals surface area contributed by atoms with Gasteiger partial charge in [-0.05, 0) is 159 Å². The quantitative estimate of drug-likeness (QED) is 0.0408. The Labute approximate surface area is 529 Å². The van der Waals surface area contributed by atoms with Crippen LogP contribution >= 0.6 is 34.8 Å². The largest absolute Gasteiger partial charge is 0.399 e. The lowest BCUT2D eigenvalue weighted by molar-refractivity contribution is -0.113. The highest BCUT2D eigenvalue weighted by Crippen LogP contribution is 2.26. The standard InChI is InChI=1S/C27H20ClN3O2.C20H15N3O2.C10H10N2.C8H7N.C7H6Cl2.CH4/c1-17-6-9-19-14-21(12-13-24(19)29-17)30-27(33)26(32)23-16-31(25-5-3-2-4-22(23)25)15-18-7-10-20(28)11-8-18;1-12-6-7-13-10-14(8-9-17(13)22-12)23-20(25)19(24)16-11-21-18-5-3-2-4-15(16)18;1-7-2-3-8-6-9(11)4-5-10(8)12-7;1-2-4-8-7(3-1)5-6-9-8;8-5-6-1-3-7(9)4-2-6;/h2-14,16H,15H2,1H3,(H,30,33);2-11,21H,1H3,(H,23,25);2-6H,11H2,1H3;1-6,9H;1-4H,5H2;1H4. The number of fused-ring (bicyclic) bond motifs is 6. The summed E-state index contributed by atoms with van der Waals surface area (Å²) in [5, 5.41) is 12.5. The molecule has 0 aliphatic heterocycles. The van der Waals surface area contributed by atoms with E-state index in [0.717, 1.165) is 93.4 Å². The van der Waals surface area contributed by atoms with E-state index in [0.29, 0.717) is 39.9 Å². The minimum atomic E-state index is -0.677. The molecule has 2 amide bonds. The van der Waals surface area contributed by atoms with Gasteiger partial charge in [0.05, 0.1) is 27.7 Å². The number of aryl methyl sites for hydroxylation is 3. The summed E-state index contributed by atoms with van der Waals surface area (Å²) in [7, 11) is 0. The molecular weight excluding hydrogens is 1170 g/mol. The third-order valence-electron chi connectivity index (χ3n) is 14.1. The molecule has 0 spiro atoms. The van der Waals surface area contributed by atoms with E-state index < -0.39 is 23.4 Å². The minimum Gasteiger partial charge on any atom is -0.399 e. The first-order chi connectivity index (χ1) is 42.6. The highest BCUT2D eigenvalue weighted by molar-refractivity contribution is 6.49. The van der Waals surface area contributed by atoms with E-state index in [1.54, 1.807) is 24.5 Å². The number of nitrogens with two attached hydrogens (primary N) is 1. The van der Waals surface area contributed by atoms with Gasteiger partial charge in [0.25, 0.3) is 23.4 Å². The van der Waals surface area contributed by atoms with Crippen molar-refractivity contribution < 1.29 is 19.2 Å². The summed E-state index contributed by atoms with van der Waals surface area (Å²) in [6.45, 7) is 6.39. The predicted molar refractivity (Wildman–Crippen MR) is 367 cm³/mol. The molecule has 0 saturated carbocycles. The van der Waals surface area contributed by atoms with Crippen molar-refractivity contribution in [1.29, 1.82) is 0 Å². The van der Waals surface area contributed by atoms with Crippen molar-refractivity contribution in [3.63, 3.8) is 0 Å². The van der Waals surface area contributed by atoms with Crippen molar-refractivity contribution in [1.82, 2.24) is 29.5 Å². The molecule has 14 aromatic rings. The van der Waals surface area contributed by atoms with Crippen molar-refractivity contribution in [2.75, 3.05) is 16.4 Å². The third-order valence-corrected chi connectivity index (χ3v) is 14.9. The van der Waals surface area contributed by atoms with Crippen molar-refractivity contribution in [3.05, 3.63) is 286 Å². The lowest BCUT2D eigenvalue weighted by atomic mass is 10.1. The number of nitrogens with one attached hydrogen (secondary N) is 4. The third kappa shape index (κ3) is 16.2. The van der Waals surface area contributed by atoms with E-state index in [-0.39, 0.29) is 7.43 Å².